The van der Waals surface area contributed by atoms with Crippen LogP contribution in [0.3, 0.4) is 0 Å². The molecule has 0 atom stereocenters. The molecule has 1 aliphatic rings. The van der Waals surface area contributed by atoms with Crippen LogP contribution in [-0.4, -0.2) is 29.7 Å². The zero-order valence-electron chi connectivity index (χ0n) is 10.9. The van der Waals surface area contributed by atoms with E-state index in [2.05, 4.69) is 21.9 Å². The number of benzene rings is 1. The summed E-state index contributed by atoms with van der Waals surface area (Å²) >= 11 is 10.2. The van der Waals surface area contributed by atoms with Crippen LogP contribution in [0.15, 0.2) is 21.5 Å². The molecule has 1 aromatic rings. The summed E-state index contributed by atoms with van der Waals surface area (Å²) in [7, 11) is 1.51. The van der Waals surface area contributed by atoms with Crippen molar-refractivity contribution in [3.63, 3.8) is 0 Å². The Morgan fingerprint density at radius 2 is 2.24 bits per heavy atom. The average molecular weight is 387 g/mol. The third-order valence-electron chi connectivity index (χ3n) is 2.65. The highest BCUT2D eigenvalue weighted by molar-refractivity contribution is 9.10. The molecule has 108 valence electrons. The Labute approximate surface area is 139 Å². The smallest absolute Gasteiger partial charge is 0.294 e. The molecule has 4 nitrogen and oxygen atoms in total. The molecule has 0 saturated carbocycles. The lowest BCUT2D eigenvalue weighted by Gasteiger charge is -2.09. The summed E-state index contributed by atoms with van der Waals surface area (Å²) in [6.45, 7) is -0.0433. The predicted molar refractivity (Wildman–Crippen MR) is 87.2 cm³/mol. The monoisotopic (exact) mass is 385 g/mol. The number of carbonyl (C=O) groups is 2. The van der Waals surface area contributed by atoms with E-state index in [0.29, 0.717) is 20.8 Å². The highest BCUT2D eigenvalue weighted by Gasteiger charge is 2.34. The van der Waals surface area contributed by atoms with Gasteiger partial charge in [0.25, 0.3) is 11.1 Å². The van der Waals surface area contributed by atoms with Crippen LogP contribution in [0.4, 0.5) is 4.79 Å². The zero-order chi connectivity index (χ0) is 15.6. The van der Waals surface area contributed by atoms with E-state index in [1.807, 2.05) is 0 Å². The number of carbonyl (C=O) groups excluding carboxylic acids is 2. The van der Waals surface area contributed by atoms with Gasteiger partial charge in [0, 0.05) is 10.6 Å². The number of rotatable bonds is 3. The summed E-state index contributed by atoms with van der Waals surface area (Å²) in [5.41, 5.74) is 0.600. The Kier molecular flexibility index (Phi) is 4.99. The number of amides is 2. The van der Waals surface area contributed by atoms with Crippen LogP contribution in [0.2, 0.25) is 5.02 Å². The standard InChI is InChI=1S/C14H9BrClNO3S/c1-3-4-17-13(18)11(21-14(17)19)6-8-5-9(16)7-10(15)12(8)20-2/h1,5-7H,4H2,2H3/b11-6-. The van der Waals surface area contributed by atoms with Gasteiger partial charge in [-0.1, -0.05) is 17.5 Å². The van der Waals surface area contributed by atoms with Crippen molar-refractivity contribution in [2.75, 3.05) is 13.7 Å². The normalized spacial score (nSPS) is 16.5. The van der Waals surface area contributed by atoms with Gasteiger partial charge < -0.3 is 4.74 Å². The number of methoxy groups -OCH3 is 1. The van der Waals surface area contributed by atoms with E-state index in [1.54, 1.807) is 18.2 Å². The second kappa shape index (κ2) is 6.56. The van der Waals surface area contributed by atoms with Gasteiger partial charge in [-0.3, -0.25) is 14.5 Å². The Morgan fingerprint density at radius 3 is 2.86 bits per heavy atom. The summed E-state index contributed by atoms with van der Waals surface area (Å²) in [5.74, 6) is 2.40. The summed E-state index contributed by atoms with van der Waals surface area (Å²) in [6.07, 6.45) is 6.71. The topological polar surface area (TPSA) is 46.6 Å². The molecular weight excluding hydrogens is 378 g/mol. The molecule has 7 heteroatoms. The van der Waals surface area contributed by atoms with Crippen molar-refractivity contribution in [2.45, 2.75) is 0 Å². The Morgan fingerprint density at radius 1 is 1.52 bits per heavy atom. The molecule has 0 unspecified atom stereocenters. The molecule has 0 N–H and O–H groups in total. The number of halogens is 2. The van der Waals surface area contributed by atoms with Crippen LogP contribution in [0.1, 0.15) is 5.56 Å². The van der Waals surface area contributed by atoms with Gasteiger partial charge in [0.1, 0.15) is 5.75 Å². The second-order valence-corrected chi connectivity index (χ2v) is 6.27. The van der Waals surface area contributed by atoms with Crippen LogP contribution in [0, 0.1) is 12.3 Å². The van der Waals surface area contributed by atoms with Crippen molar-refractivity contribution in [3.8, 4) is 18.1 Å². The molecule has 1 heterocycles. The Bertz CT molecular complexity index is 696. The molecule has 2 rings (SSSR count). The number of nitrogens with zero attached hydrogens (tertiary/aromatic N) is 1. The van der Waals surface area contributed by atoms with Crippen LogP contribution < -0.4 is 4.74 Å². The Balaban J connectivity index is 2.44. The van der Waals surface area contributed by atoms with Crippen molar-refractivity contribution >= 4 is 56.5 Å². The van der Waals surface area contributed by atoms with Gasteiger partial charge in [-0.15, -0.1) is 6.42 Å². The van der Waals surface area contributed by atoms with E-state index >= 15 is 0 Å². The summed E-state index contributed by atoms with van der Waals surface area (Å²) in [6, 6.07) is 3.34. The van der Waals surface area contributed by atoms with E-state index in [9.17, 15) is 9.59 Å². The number of terminal acetylenes is 1. The lowest BCUT2D eigenvalue weighted by atomic mass is 10.2. The molecule has 0 aliphatic carbocycles. The van der Waals surface area contributed by atoms with Gasteiger partial charge in [-0.25, -0.2) is 0 Å². The van der Waals surface area contributed by atoms with Gasteiger partial charge in [0.15, 0.2) is 0 Å². The van der Waals surface area contributed by atoms with Gasteiger partial charge in [0.2, 0.25) is 0 Å². The lowest BCUT2D eigenvalue weighted by Crippen LogP contribution is -2.28. The summed E-state index contributed by atoms with van der Waals surface area (Å²) in [4.78, 5) is 25.1. The lowest BCUT2D eigenvalue weighted by molar-refractivity contribution is -0.122. The first-order chi connectivity index (χ1) is 9.97. The van der Waals surface area contributed by atoms with Crippen molar-refractivity contribution in [1.82, 2.24) is 4.90 Å². The van der Waals surface area contributed by atoms with Gasteiger partial charge >= 0.3 is 0 Å². The van der Waals surface area contributed by atoms with Crippen molar-refractivity contribution < 1.29 is 14.3 Å². The van der Waals surface area contributed by atoms with Crippen molar-refractivity contribution in [3.05, 3.63) is 32.1 Å². The van der Waals surface area contributed by atoms with Crippen LogP contribution >= 0.6 is 39.3 Å². The molecule has 1 saturated heterocycles. The minimum absolute atomic E-state index is 0.0433. The molecule has 1 aliphatic heterocycles. The molecule has 2 amide bonds. The van der Waals surface area contributed by atoms with Crippen molar-refractivity contribution in [1.29, 1.82) is 0 Å². The van der Waals surface area contributed by atoms with Crippen LogP contribution in [-0.2, 0) is 4.79 Å². The first-order valence-corrected chi connectivity index (χ1v) is 7.68. The molecule has 1 fully saturated rings. The minimum atomic E-state index is -0.416. The zero-order valence-corrected chi connectivity index (χ0v) is 14.0. The fraction of sp³-hybridized carbons (Fsp3) is 0.143. The predicted octanol–water partition coefficient (Wildman–Crippen LogP) is 3.78. The van der Waals surface area contributed by atoms with Crippen molar-refractivity contribution in [2.24, 2.45) is 0 Å². The van der Waals surface area contributed by atoms with Gasteiger partial charge in [-0.2, -0.15) is 0 Å². The fourth-order valence-electron chi connectivity index (χ4n) is 1.77. The first-order valence-electron chi connectivity index (χ1n) is 5.69. The third-order valence-corrected chi connectivity index (χ3v) is 4.37. The molecule has 0 spiro atoms. The number of thioether (sulfide) groups is 1. The SMILES string of the molecule is C#CCN1C(=O)S/C(=C\c2cc(Cl)cc(Br)c2OC)C1=O. The Hall–Kier alpha value is -1.42. The summed E-state index contributed by atoms with van der Waals surface area (Å²) < 4.78 is 5.94. The van der Waals surface area contributed by atoms with Crippen LogP contribution in [0.5, 0.6) is 5.75 Å². The highest BCUT2D eigenvalue weighted by Crippen LogP contribution is 2.37. The van der Waals surface area contributed by atoms with E-state index in [1.165, 1.54) is 7.11 Å². The number of ether oxygens (including phenoxy) is 1. The maximum Gasteiger partial charge on any atom is 0.294 e. The first kappa shape index (κ1) is 16.0. The maximum absolute atomic E-state index is 12.1. The third kappa shape index (κ3) is 3.26. The highest BCUT2D eigenvalue weighted by atomic mass is 79.9. The quantitative estimate of drug-likeness (QED) is 0.586. The molecule has 0 radical (unpaired) electrons. The average Bonchev–Trinajstić information content (AvgIpc) is 2.66. The maximum atomic E-state index is 12.1. The molecule has 0 bridgehead atoms. The second-order valence-electron chi connectivity index (χ2n) is 3.98. The number of hydrogen-bond acceptors (Lipinski definition) is 4. The van der Waals surface area contributed by atoms with Gasteiger partial charge in [0.05, 0.1) is 23.0 Å². The minimum Gasteiger partial charge on any atom is -0.495 e. The van der Waals surface area contributed by atoms with Gasteiger partial charge in [-0.05, 0) is 45.9 Å². The van der Waals surface area contributed by atoms with E-state index in [-0.39, 0.29) is 16.7 Å². The molecular formula is C14H9BrClNO3S. The molecule has 1 aromatic carbocycles. The number of imide groups is 1. The van der Waals surface area contributed by atoms with E-state index in [4.69, 9.17) is 22.8 Å². The number of hydrogen-bond donors (Lipinski definition) is 0. The molecule has 0 aromatic heterocycles. The van der Waals surface area contributed by atoms with Crippen LogP contribution in [0.25, 0.3) is 6.08 Å². The molecule has 21 heavy (non-hydrogen) atoms. The van der Waals surface area contributed by atoms with E-state index < -0.39 is 5.91 Å². The summed E-state index contributed by atoms with van der Waals surface area (Å²) in [5, 5.41) is 0.0982. The fourth-order valence-corrected chi connectivity index (χ4v) is 3.60. The largest absolute Gasteiger partial charge is 0.495 e. The van der Waals surface area contributed by atoms with E-state index in [0.717, 1.165) is 16.7 Å².